The highest BCUT2D eigenvalue weighted by atomic mass is 32.2. The fraction of sp³-hybridized carbons (Fsp3) is 0.462. The van der Waals surface area contributed by atoms with E-state index in [0.717, 1.165) is 18.4 Å². The summed E-state index contributed by atoms with van der Waals surface area (Å²) in [5.74, 6) is -0.309. The Morgan fingerprint density at radius 1 is 1.40 bits per heavy atom. The maximum absolute atomic E-state index is 12.1. The molecule has 110 valence electrons. The molecule has 1 amide bonds. The standard InChI is InChI=1S/C13H19N3O3S/c1-9-2-5-11(20(18,19)16-10-3-4-10)8-12(9)13(17)15-7-6-14/h2,5,8,10,16H,3-4,6-7,14H2,1H3,(H,15,17). The van der Waals surface area contributed by atoms with E-state index in [9.17, 15) is 13.2 Å². The molecule has 1 aromatic carbocycles. The molecule has 0 saturated heterocycles. The highest BCUT2D eigenvalue weighted by molar-refractivity contribution is 7.89. The molecule has 2 rings (SSSR count). The van der Waals surface area contributed by atoms with Gasteiger partial charge in [-0.1, -0.05) is 6.07 Å². The first kappa shape index (κ1) is 15.0. The second-order valence-corrected chi connectivity index (χ2v) is 6.63. The molecule has 4 N–H and O–H groups in total. The van der Waals surface area contributed by atoms with Crippen LogP contribution in [-0.4, -0.2) is 33.5 Å². The monoisotopic (exact) mass is 297 g/mol. The van der Waals surface area contributed by atoms with Gasteiger partial charge in [0.15, 0.2) is 0 Å². The summed E-state index contributed by atoms with van der Waals surface area (Å²) < 4.78 is 26.8. The number of aryl methyl sites for hydroxylation is 1. The van der Waals surface area contributed by atoms with Crippen LogP contribution in [0, 0.1) is 6.92 Å². The Hall–Kier alpha value is -1.44. The molecule has 0 spiro atoms. The van der Waals surface area contributed by atoms with Crippen LogP contribution >= 0.6 is 0 Å². The maximum Gasteiger partial charge on any atom is 0.251 e. The SMILES string of the molecule is Cc1ccc(S(=O)(=O)NC2CC2)cc1C(=O)NCCN. The predicted octanol–water partition coefficient (Wildman–Crippen LogP) is 0.124. The van der Waals surface area contributed by atoms with Crippen LogP contribution in [0.25, 0.3) is 0 Å². The number of nitrogens with one attached hydrogen (secondary N) is 2. The lowest BCUT2D eigenvalue weighted by Gasteiger charge is -2.10. The lowest BCUT2D eigenvalue weighted by Crippen LogP contribution is -2.30. The molecule has 7 heteroatoms. The van der Waals surface area contributed by atoms with Crippen LogP contribution in [0.4, 0.5) is 0 Å². The Balaban J connectivity index is 2.25. The number of benzene rings is 1. The number of sulfonamides is 1. The van der Waals surface area contributed by atoms with Gasteiger partial charge in [-0.2, -0.15) is 0 Å². The van der Waals surface area contributed by atoms with E-state index in [2.05, 4.69) is 10.0 Å². The van der Waals surface area contributed by atoms with E-state index in [1.807, 2.05) is 0 Å². The van der Waals surface area contributed by atoms with E-state index in [1.54, 1.807) is 13.0 Å². The quantitative estimate of drug-likeness (QED) is 0.694. The molecule has 1 aromatic rings. The van der Waals surface area contributed by atoms with Gasteiger partial charge in [0.25, 0.3) is 5.91 Å². The Morgan fingerprint density at radius 3 is 2.70 bits per heavy atom. The first-order chi connectivity index (χ1) is 9.44. The van der Waals surface area contributed by atoms with Crippen LogP contribution in [0.5, 0.6) is 0 Å². The second-order valence-electron chi connectivity index (χ2n) is 4.92. The van der Waals surface area contributed by atoms with Crippen molar-refractivity contribution in [1.82, 2.24) is 10.0 Å². The van der Waals surface area contributed by atoms with Gasteiger partial charge >= 0.3 is 0 Å². The zero-order valence-electron chi connectivity index (χ0n) is 11.3. The fourth-order valence-corrected chi connectivity index (χ4v) is 3.11. The zero-order valence-corrected chi connectivity index (χ0v) is 12.2. The summed E-state index contributed by atoms with van der Waals surface area (Å²) in [6, 6.07) is 4.60. The molecule has 0 heterocycles. The Morgan fingerprint density at radius 2 is 2.10 bits per heavy atom. The Kier molecular flexibility index (Phi) is 4.42. The lowest BCUT2D eigenvalue weighted by molar-refractivity contribution is 0.0954. The molecular weight excluding hydrogens is 278 g/mol. The zero-order chi connectivity index (χ0) is 14.8. The summed E-state index contributed by atoms with van der Waals surface area (Å²) >= 11 is 0. The highest BCUT2D eigenvalue weighted by Crippen LogP contribution is 2.23. The van der Waals surface area contributed by atoms with Gasteiger partial charge in [-0.05, 0) is 37.5 Å². The molecule has 0 aromatic heterocycles. The molecule has 6 nitrogen and oxygen atoms in total. The lowest BCUT2D eigenvalue weighted by atomic mass is 10.1. The van der Waals surface area contributed by atoms with E-state index in [4.69, 9.17) is 5.73 Å². The molecule has 1 saturated carbocycles. The largest absolute Gasteiger partial charge is 0.351 e. The van der Waals surface area contributed by atoms with Gasteiger partial charge in [-0.3, -0.25) is 4.79 Å². The average Bonchev–Trinajstić information content (AvgIpc) is 3.19. The van der Waals surface area contributed by atoms with Crippen molar-refractivity contribution in [2.45, 2.75) is 30.7 Å². The van der Waals surface area contributed by atoms with Crippen molar-refractivity contribution in [2.75, 3.05) is 13.1 Å². The highest BCUT2D eigenvalue weighted by Gasteiger charge is 2.28. The third-order valence-corrected chi connectivity index (χ3v) is 4.61. The summed E-state index contributed by atoms with van der Waals surface area (Å²) in [5.41, 5.74) is 6.42. The minimum absolute atomic E-state index is 0.0378. The Bertz CT molecular complexity index is 609. The van der Waals surface area contributed by atoms with Crippen molar-refractivity contribution in [3.05, 3.63) is 29.3 Å². The van der Waals surface area contributed by atoms with Crippen LogP contribution < -0.4 is 15.8 Å². The Labute approximate surface area is 118 Å². The second kappa shape index (κ2) is 5.90. The number of carbonyl (C=O) groups excluding carboxylic acids is 1. The number of amides is 1. The predicted molar refractivity (Wildman–Crippen MR) is 75.9 cm³/mol. The van der Waals surface area contributed by atoms with Crippen molar-refractivity contribution in [3.63, 3.8) is 0 Å². The molecule has 1 aliphatic carbocycles. The van der Waals surface area contributed by atoms with Gasteiger partial charge in [0.05, 0.1) is 4.90 Å². The molecule has 20 heavy (non-hydrogen) atoms. The van der Waals surface area contributed by atoms with Crippen LogP contribution in [0.15, 0.2) is 23.1 Å². The topological polar surface area (TPSA) is 101 Å². The first-order valence-electron chi connectivity index (χ1n) is 6.55. The summed E-state index contributed by atoms with van der Waals surface area (Å²) in [7, 11) is -3.55. The molecule has 0 unspecified atom stereocenters. The molecular formula is C13H19N3O3S. The molecule has 1 fully saturated rings. The van der Waals surface area contributed by atoms with Gasteiger partial charge in [-0.25, -0.2) is 13.1 Å². The third kappa shape index (κ3) is 3.56. The number of hydrogen-bond acceptors (Lipinski definition) is 4. The van der Waals surface area contributed by atoms with Crippen LogP contribution in [-0.2, 0) is 10.0 Å². The minimum Gasteiger partial charge on any atom is -0.351 e. The van der Waals surface area contributed by atoms with E-state index < -0.39 is 10.0 Å². The minimum atomic E-state index is -3.55. The summed E-state index contributed by atoms with van der Waals surface area (Å²) in [6.45, 7) is 2.46. The van der Waals surface area contributed by atoms with Crippen LogP contribution in [0.1, 0.15) is 28.8 Å². The molecule has 0 aliphatic heterocycles. The van der Waals surface area contributed by atoms with Crippen molar-refractivity contribution in [3.8, 4) is 0 Å². The van der Waals surface area contributed by atoms with Crippen LogP contribution in [0.2, 0.25) is 0 Å². The van der Waals surface area contributed by atoms with E-state index in [-0.39, 0.29) is 16.8 Å². The van der Waals surface area contributed by atoms with Crippen molar-refractivity contribution >= 4 is 15.9 Å². The molecule has 1 aliphatic rings. The fourth-order valence-electron chi connectivity index (χ4n) is 1.78. The normalized spacial score (nSPS) is 15.1. The smallest absolute Gasteiger partial charge is 0.251 e. The van der Waals surface area contributed by atoms with Gasteiger partial charge in [0, 0.05) is 24.7 Å². The van der Waals surface area contributed by atoms with Gasteiger partial charge < -0.3 is 11.1 Å². The van der Waals surface area contributed by atoms with Crippen molar-refractivity contribution in [1.29, 1.82) is 0 Å². The summed E-state index contributed by atoms with van der Waals surface area (Å²) in [4.78, 5) is 12.1. The van der Waals surface area contributed by atoms with E-state index >= 15 is 0 Å². The van der Waals surface area contributed by atoms with Crippen molar-refractivity contribution in [2.24, 2.45) is 5.73 Å². The summed E-state index contributed by atoms with van der Waals surface area (Å²) in [5, 5.41) is 2.64. The van der Waals surface area contributed by atoms with Gasteiger partial charge in [-0.15, -0.1) is 0 Å². The van der Waals surface area contributed by atoms with E-state index in [1.165, 1.54) is 12.1 Å². The number of nitrogens with two attached hydrogens (primary N) is 1. The number of carbonyl (C=O) groups is 1. The average molecular weight is 297 g/mol. The van der Waals surface area contributed by atoms with E-state index in [0.29, 0.717) is 18.7 Å². The molecule has 0 bridgehead atoms. The maximum atomic E-state index is 12.1. The number of rotatable bonds is 6. The van der Waals surface area contributed by atoms with Gasteiger partial charge in [0.2, 0.25) is 10.0 Å². The first-order valence-corrected chi connectivity index (χ1v) is 8.03. The molecule has 0 atom stereocenters. The number of hydrogen-bond donors (Lipinski definition) is 3. The third-order valence-electron chi connectivity index (χ3n) is 3.09. The molecule has 0 radical (unpaired) electrons. The van der Waals surface area contributed by atoms with Crippen LogP contribution in [0.3, 0.4) is 0 Å². The van der Waals surface area contributed by atoms with Crippen molar-refractivity contribution < 1.29 is 13.2 Å². The summed E-state index contributed by atoms with van der Waals surface area (Å²) in [6.07, 6.45) is 1.74. The van der Waals surface area contributed by atoms with Gasteiger partial charge in [0.1, 0.15) is 0 Å².